The normalized spacial score (nSPS) is 35.3. The molecule has 1 aromatic heterocycles. The van der Waals surface area contributed by atoms with Gasteiger partial charge in [-0.15, -0.1) is 0 Å². The Morgan fingerprint density at radius 1 is 1.36 bits per heavy atom. The fourth-order valence-electron chi connectivity index (χ4n) is 2.89. The predicted molar refractivity (Wildman–Crippen MR) is 55.6 cm³/mol. The molecule has 2 aliphatic carbocycles. The fourth-order valence-corrected chi connectivity index (χ4v) is 2.89. The van der Waals surface area contributed by atoms with Gasteiger partial charge in [-0.1, -0.05) is 0 Å². The summed E-state index contributed by atoms with van der Waals surface area (Å²) in [7, 11) is 0. The van der Waals surface area contributed by atoms with E-state index in [1.807, 2.05) is 6.20 Å². The Labute approximate surface area is 84.3 Å². The molecule has 0 amide bonds. The first-order valence-corrected chi connectivity index (χ1v) is 5.59. The largest absolute Gasteiger partial charge is 0.369 e. The van der Waals surface area contributed by atoms with E-state index >= 15 is 0 Å². The van der Waals surface area contributed by atoms with Gasteiger partial charge in [0, 0.05) is 18.9 Å². The third-order valence-corrected chi connectivity index (χ3v) is 3.85. The summed E-state index contributed by atoms with van der Waals surface area (Å²) in [5.74, 6) is 3.66. The van der Waals surface area contributed by atoms with E-state index in [9.17, 15) is 0 Å². The van der Waals surface area contributed by atoms with E-state index in [0.29, 0.717) is 5.95 Å². The number of nitrogen functional groups attached to an aromatic ring is 1. The van der Waals surface area contributed by atoms with E-state index in [1.54, 1.807) is 6.20 Å². The summed E-state index contributed by atoms with van der Waals surface area (Å²) in [5.41, 5.74) is 5.75. The van der Waals surface area contributed by atoms with Gasteiger partial charge in [0.15, 0.2) is 5.95 Å². The number of nitrogens with zero attached hydrogens (tertiary/aromatic N) is 2. The van der Waals surface area contributed by atoms with Gasteiger partial charge in [-0.05, 0) is 43.4 Å². The van der Waals surface area contributed by atoms with Gasteiger partial charge in [0.1, 0.15) is 0 Å². The molecule has 0 radical (unpaired) electrons. The van der Waals surface area contributed by atoms with Gasteiger partial charge < -0.3 is 10.3 Å². The van der Waals surface area contributed by atoms with Gasteiger partial charge in [-0.25, -0.2) is 4.98 Å². The van der Waals surface area contributed by atoms with Crippen molar-refractivity contribution in [2.75, 3.05) is 5.73 Å². The lowest BCUT2D eigenvalue weighted by molar-refractivity contribution is 0.308. The number of aromatic nitrogens is 2. The van der Waals surface area contributed by atoms with Crippen molar-refractivity contribution in [1.82, 2.24) is 9.55 Å². The average molecular weight is 191 g/mol. The second-order valence-corrected chi connectivity index (χ2v) is 4.87. The highest BCUT2D eigenvalue weighted by Gasteiger charge is 2.41. The molecule has 14 heavy (non-hydrogen) atoms. The first-order chi connectivity index (χ1) is 6.83. The van der Waals surface area contributed by atoms with Crippen LogP contribution in [0.15, 0.2) is 12.4 Å². The Kier molecular flexibility index (Phi) is 1.79. The minimum absolute atomic E-state index is 0.669. The van der Waals surface area contributed by atoms with Crippen LogP contribution in [0.1, 0.15) is 25.7 Å². The van der Waals surface area contributed by atoms with Gasteiger partial charge in [-0.2, -0.15) is 0 Å². The van der Waals surface area contributed by atoms with Crippen molar-refractivity contribution in [3.63, 3.8) is 0 Å². The first kappa shape index (κ1) is 8.33. The third-order valence-electron chi connectivity index (χ3n) is 3.85. The molecule has 3 atom stereocenters. The zero-order chi connectivity index (χ0) is 9.54. The molecule has 0 saturated heterocycles. The standard InChI is InChI=1S/C11H17N3/c12-11-13-3-4-14(11)7-8-1-2-9-6-10(9)5-8/h3-4,8-10H,1-2,5-7H2,(H2,12,13). The molecular weight excluding hydrogens is 174 g/mol. The van der Waals surface area contributed by atoms with Crippen molar-refractivity contribution >= 4 is 5.95 Å². The Balaban J connectivity index is 1.64. The van der Waals surface area contributed by atoms with Crippen LogP contribution in [0.5, 0.6) is 0 Å². The van der Waals surface area contributed by atoms with Gasteiger partial charge in [0.2, 0.25) is 0 Å². The van der Waals surface area contributed by atoms with E-state index in [4.69, 9.17) is 5.73 Å². The highest BCUT2D eigenvalue weighted by atomic mass is 15.1. The minimum Gasteiger partial charge on any atom is -0.369 e. The summed E-state index contributed by atoms with van der Waals surface area (Å²) >= 11 is 0. The Hall–Kier alpha value is -0.990. The molecule has 1 aromatic rings. The molecule has 3 heteroatoms. The highest BCUT2D eigenvalue weighted by Crippen LogP contribution is 2.51. The molecule has 76 valence electrons. The predicted octanol–water partition coefficient (Wildman–Crippen LogP) is 1.90. The number of rotatable bonds is 2. The summed E-state index contributed by atoms with van der Waals surface area (Å²) in [4.78, 5) is 4.05. The van der Waals surface area contributed by atoms with Crippen LogP contribution in [0.2, 0.25) is 0 Å². The maximum absolute atomic E-state index is 5.75. The molecule has 1 heterocycles. The van der Waals surface area contributed by atoms with E-state index in [-0.39, 0.29) is 0 Å². The zero-order valence-electron chi connectivity index (χ0n) is 8.39. The smallest absolute Gasteiger partial charge is 0.200 e. The quantitative estimate of drug-likeness (QED) is 0.776. The monoisotopic (exact) mass is 191 g/mol. The lowest BCUT2D eigenvalue weighted by Crippen LogP contribution is -2.16. The lowest BCUT2D eigenvalue weighted by Gasteiger charge is -2.21. The van der Waals surface area contributed by atoms with Crippen LogP contribution >= 0.6 is 0 Å². The minimum atomic E-state index is 0.669. The van der Waals surface area contributed by atoms with Gasteiger partial charge in [0.05, 0.1) is 0 Å². The summed E-state index contributed by atoms with van der Waals surface area (Å²) in [6.07, 6.45) is 9.54. The molecule has 2 saturated carbocycles. The number of imidazole rings is 1. The van der Waals surface area contributed by atoms with Crippen molar-refractivity contribution in [2.24, 2.45) is 17.8 Å². The maximum atomic E-state index is 5.75. The van der Waals surface area contributed by atoms with Crippen molar-refractivity contribution in [3.05, 3.63) is 12.4 Å². The van der Waals surface area contributed by atoms with E-state index in [2.05, 4.69) is 9.55 Å². The van der Waals surface area contributed by atoms with Gasteiger partial charge in [-0.3, -0.25) is 0 Å². The maximum Gasteiger partial charge on any atom is 0.200 e. The van der Waals surface area contributed by atoms with Crippen LogP contribution in [-0.4, -0.2) is 9.55 Å². The second kappa shape index (κ2) is 3.01. The molecule has 3 rings (SSSR count). The van der Waals surface area contributed by atoms with Crippen LogP contribution in [0.4, 0.5) is 5.95 Å². The summed E-state index contributed by atoms with van der Waals surface area (Å²) < 4.78 is 2.09. The Morgan fingerprint density at radius 3 is 3.00 bits per heavy atom. The van der Waals surface area contributed by atoms with Gasteiger partial charge in [0.25, 0.3) is 0 Å². The van der Waals surface area contributed by atoms with Crippen LogP contribution < -0.4 is 5.73 Å². The van der Waals surface area contributed by atoms with Crippen molar-refractivity contribution in [2.45, 2.75) is 32.2 Å². The first-order valence-electron chi connectivity index (χ1n) is 5.59. The Bertz CT molecular complexity index is 331. The molecule has 0 aromatic carbocycles. The average Bonchev–Trinajstić information content (AvgIpc) is 2.84. The zero-order valence-corrected chi connectivity index (χ0v) is 8.39. The third kappa shape index (κ3) is 1.41. The molecular formula is C11H17N3. The van der Waals surface area contributed by atoms with Crippen LogP contribution in [0, 0.1) is 17.8 Å². The lowest BCUT2D eigenvalue weighted by atomic mass is 9.89. The number of hydrogen-bond donors (Lipinski definition) is 1. The highest BCUT2D eigenvalue weighted by molar-refractivity contribution is 5.16. The molecule has 2 fully saturated rings. The molecule has 0 spiro atoms. The number of nitrogens with two attached hydrogens (primary N) is 1. The second-order valence-electron chi connectivity index (χ2n) is 4.87. The van der Waals surface area contributed by atoms with Crippen LogP contribution in [0.25, 0.3) is 0 Å². The van der Waals surface area contributed by atoms with E-state index < -0.39 is 0 Å². The molecule has 0 aliphatic heterocycles. The SMILES string of the molecule is Nc1nccn1CC1CCC2CC2C1. The summed E-state index contributed by atoms with van der Waals surface area (Å²) in [6, 6.07) is 0. The fraction of sp³-hybridized carbons (Fsp3) is 0.727. The van der Waals surface area contributed by atoms with Crippen molar-refractivity contribution < 1.29 is 0 Å². The summed E-state index contributed by atoms with van der Waals surface area (Å²) in [6.45, 7) is 1.08. The number of hydrogen-bond acceptors (Lipinski definition) is 2. The van der Waals surface area contributed by atoms with E-state index in [1.165, 1.54) is 25.7 Å². The van der Waals surface area contributed by atoms with E-state index in [0.717, 1.165) is 24.3 Å². The molecule has 2 aliphatic rings. The molecule has 3 nitrogen and oxygen atoms in total. The topological polar surface area (TPSA) is 43.8 Å². The van der Waals surface area contributed by atoms with Crippen molar-refractivity contribution in [1.29, 1.82) is 0 Å². The van der Waals surface area contributed by atoms with Crippen LogP contribution in [0.3, 0.4) is 0 Å². The summed E-state index contributed by atoms with van der Waals surface area (Å²) in [5, 5.41) is 0. The van der Waals surface area contributed by atoms with Crippen LogP contribution in [-0.2, 0) is 6.54 Å². The molecule has 3 unspecified atom stereocenters. The molecule has 0 bridgehead atoms. The number of anilines is 1. The van der Waals surface area contributed by atoms with Gasteiger partial charge >= 0.3 is 0 Å². The van der Waals surface area contributed by atoms with Crippen molar-refractivity contribution in [3.8, 4) is 0 Å². The Morgan fingerprint density at radius 2 is 2.29 bits per heavy atom. The molecule has 2 N–H and O–H groups in total. The number of fused-ring (bicyclic) bond motifs is 1.